The van der Waals surface area contributed by atoms with E-state index in [1.54, 1.807) is 27.9 Å². The predicted octanol–water partition coefficient (Wildman–Crippen LogP) is 4.71. The van der Waals surface area contributed by atoms with Crippen LogP contribution in [0.1, 0.15) is 33.6 Å². The standard InChI is InChI=1S/C28H25FN4O2/c29-25-14-8-7-13-23(25)28(35)32-17-15-21(16-18-32)30-27(34)24-19-33(22-11-5-2-6-12-22)31-26(24)20-9-3-1-4-10-20/h1-14,19,21H,15-18H2,(H,30,34). The fraction of sp³-hybridized carbons (Fsp3) is 0.179. The maximum Gasteiger partial charge on any atom is 0.256 e. The van der Waals surface area contributed by atoms with Crippen molar-refractivity contribution >= 4 is 11.8 Å². The summed E-state index contributed by atoms with van der Waals surface area (Å²) in [7, 11) is 0. The second-order valence-corrected chi connectivity index (χ2v) is 8.56. The number of aromatic nitrogens is 2. The molecule has 0 unspecified atom stereocenters. The van der Waals surface area contributed by atoms with E-state index in [0.717, 1.165) is 11.3 Å². The Labute approximate surface area is 203 Å². The number of halogens is 1. The summed E-state index contributed by atoms with van der Waals surface area (Å²) < 4.78 is 15.7. The van der Waals surface area contributed by atoms with Gasteiger partial charge in [-0.3, -0.25) is 9.59 Å². The molecule has 0 radical (unpaired) electrons. The zero-order valence-electron chi connectivity index (χ0n) is 19.1. The van der Waals surface area contributed by atoms with E-state index in [-0.39, 0.29) is 23.4 Å². The van der Waals surface area contributed by atoms with Crippen molar-refractivity contribution in [2.45, 2.75) is 18.9 Å². The number of benzene rings is 3. The number of para-hydroxylation sites is 1. The van der Waals surface area contributed by atoms with Crippen molar-refractivity contribution in [2.75, 3.05) is 13.1 Å². The minimum Gasteiger partial charge on any atom is -0.349 e. The highest BCUT2D eigenvalue weighted by atomic mass is 19.1. The molecule has 0 spiro atoms. The smallest absolute Gasteiger partial charge is 0.256 e. The third-order valence-electron chi connectivity index (χ3n) is 6.25. The number of amides is 2. The summed E-state index contributed by atoms with van der Waals surface area (Å²) in [4.78, 5) is 27.7. The normalized spacial score (nSPS) is 14.0. The Morgan fingerprint density at radius 1 is 0.829 bits per heavy atom. The van der Waals surface area contributed by atoms with Gasteiger partial charge in [0.2, 0.25) is 0 Å². The van der Waals surface area contributed by atoms with E-state index in [1.807, 2.05) is 60.7 Å². The van der Waals surface area contributed by atoms with Gasteiger partial charge in [-0.25, -0.2) is 9.07 Å². The molecule has 1 saturated heterocycles. The van der Waals surface area contributed by atoms with Gasteiger partial charge in [0.1, 0.15) is 11.5 Å². The van der Waals surface area contributed by atoms with Crippen molar-refractivity contribution in [3.8, 4) is 16.9 Å². The summed E-state index contributed by atoms with van der Waals surface area (Å²) in [6.45, 7) is 0.903. The van der Waals surface area contributed by atoms with E-state index in [2.05, 4.69) is 5.32 Å². The van der Waals surface area contributed by atoms with E-state index >= 15 is 0 Å². The van der Waals surface area contributed by atoms with Crippen LogP contribution in [0.2, 0.25) is 0 Å². The number of hydrogen-bond donors (Lipinski definition) is 1. The Kier molecular flexibility index (Phi) is 6.39. The molecule has 1 aromatic heterocycles. The molecular weight excluding hydrogens is 443 g/mol. The lowest BCUT2D eigenvalue weighted by atomic mass is 10.0. The highest BCUT2D eigenvalue weighted by Gasteiger charge is 2.27. The average molecular weight is 469 g/mol. The van der Waals surface area contributed by atoms with Gasteiger partial charge >= 0.3 is 0 Å². The first-order chi connectivity index (χ1) is 17.1. The first kappa shape index (κ1) is 22.5. The van der Waals surface area contributed by atoms with Crippen LogP contribution >= 0.6 is 0 Å². The molecular formula is C28H25FN4O2. The second kappa shape index (κ2) is 9.93. The molecule has 0 aliphatic carbocycles. The molecule has 1 N–H and O–H groups in total. The van der Waals surface area contributed by atoms with Gasteiger partial charge in [-0.2, -0.15) is 5.10 Å². The van der Waals surface area contributed by atoms with Crippen LogP contribution < -0.4 is 5.32 Å². The molecule has 0 atom stereocenters. The lowest BCUT2D eigenvalue weighted by Crippen LogP contribution is -2.46. The molecule has 7 heteroatoms. The molecule has 0 bridgehead atoms. The van der Waals surface area contributed by atoms with Crippen LogP contribution in [0.3, 0.4) is 0 Å². The lowest BCUT2D eigenvalue weighted by Gasteiger charge is -2.32. The quantitative estimate of drug-likeness (QED) is 0.461. The topological polar surface area (TPSA) is 67.2 Å². The highest BCUT2D eigenvalue weighted by Crippen LogP contribution is 2.24. The van der Waals surface area contributed by atoms with Crippen LogP contribution in [0.4, 0.5) is 4.39 Å². The van der Waals surface area contributed by atoms with Gasteiger partial charge in [0, 0.05) is 30.9 Å². The number of piperidine rings is 1. The van der Waals surface area contributed by atoms with Crippen LogP contribution in [0.25, 0.3) is 16.9 Å². The number of carbonyl (C=O) groups excluding carboxylic acids is 2. The van der Waals surface area contributed by atoms with Gasteiger partial charge in [-0.05, 0) is 37.1 Å². The number of carbonyl (C=O) groups is 2. The van der Waals surface area contributed by atoms with Gasteiger partial charge in [0.25, 0.3) is 11.8 Å². The Morgan fingerprint density at radius 2 is 1.46 bits per heavy atom. The molecule has 2 amide bonds. The van der Waals surface area contributed by atoms with E-state index < -0.39 is 5.82 Å². The minimum absolute atomic E-state index is 0.0795. The van der Waals surface area contributed by atoms with Gasteiger partial charge in [-0.1, -0.05) is 60.7 Å². The SMILES string of the molecule is O=C(NC1CCN(C(=O)c2ccccc2F)CC1)c1cn(-c2ccccc2)nc1-c1ccccc1. The van der Waals surface area contributed by atoms with Crippen LogP contribution in [-0.4, -0.2) is 45.6 Å². The number of nitrogens with zero attached hydrogens (tertiary/aromatic N) is 3. The molecule has 0 saturated carbocycles. The van der Waals surface area contributed by atoms with E-state index in [1.165, 1.54) is 12.1 Å². The van der Waals surface area contributed by atoms with Crippen LogP contribution in [0, 0.1) is 5.82 Å². The third-order valence-corrected chi connectivity index (χ3v) is 6.25. The number of nitrogens with one attached hydrogen (secondary N) is 1. The fourth-order valence-electron chi connectivity index (χ4n) is 4.36. The van der Waals surface area contributed by atoms with Crippen molar-refractivity contribution in [1.29, 1.82) is 0 Å². The predicted molar refractivity (Wildman–Crippen MR) is 132 cm³/mol. The zero-order valence-corrected chi connectivity index (χ0v) is 19.1. The molecule has 6 nitrogen and oxygen atoms in total. The zero-order chi connectivity index (χ0) is 24.2. The van der Waals surface area contributed by atoms with Crippen LogP contribution in [0.5, 0.6) is 0 Å². The second-order valence-electron chi connectivity index (χ2n) is 8.56. The Hall–Kier alpha value is -4.26. The number of rotatable bonds is 5. The summed E-state index contributed by atoms with van der Waals surface area (Å²) in [6, 6.07) is 25.2. The maximum atomic E-state index is 14.0. The van der Waals surface area contributed by atoms with Crippen molar-refractivity contribution in [2.24, 2.45) is 0 Å². The molecule has 3 aromatic carbocycles. The Morgan fingerprint density at radius 3 is 2.14 bits per heavy atom. The number of hydrogen-bond acceptors (Lipinski definition) is 3. The Bertz CT molecular complexity index is 1330. The fourth-order valence-corrected chi connectivity index (χ4v) is 4.36. The summed E-state index contributed by atoms with van der Waals surface area (Å²) in [6.07, 6.45) is 2.95. The van der Waals surface area contributed by atoms with E-state index in [0.29, 0.717) is 37.2 Å². The Balaban J connectivity index is 1.31. The first-order valence-corrected chi connectivity index (χ1v) is 11.7. The summed E-state index contributed by atoms with van der Waals surface area (Å²) in [5, 5.41) is 7.83. The van der Waals surface area contributed by atoms with E-state index in [9.17, 15) is 14.0 Å². The van der Waals surface area contributed by atoms with Crippen molar-refractivity contribution < 1.29 is 14.0 Å². The summed E-state index contributed by atoms with van der Waals surface area (Å²) in [5.74, 6) is -1.04. The van der Waals surface area contributed by atoms with Crippen LogP contribution in [0.15, 0.2) is 91.1 Å². The summed E-state index contributed by atoms with van der Waals surface area (Å²) >= 11 is 0. The largest absolute Gasteiger partial charge is 0.349 e. The third kappa shape index (κ3) is 4.84. The molecule has 35 heavy (non-hydrogen) atoms. The molecule has 5 rings (SSSR count). The van der Waals surface area contributed by atoms with Crippen LogP contribution in [-0.2, 0) is 0 Å². The van der Waals surface area contributed by atoms with Gasteiger partial charge < -0.3 is 10.2 Å². The molecule has 1 aliphatic rings. The van der Waals surface area contributed by atoms with Crippen molar-refractivity contribution in [3.63, 3.8) is 0 Å². The summed E-state index contributed by atoms with van der Waals surface area (Å²) in [5.41, 5.74) is 2.90. The highest BCUT2D eigenvalue weighted by molar-refractivity contribution is 6.00. The molecule has 1 fully saturated rings. The lowest BCUT2D eigenvalue weighted by molar-refractivity contribution is 0.0693. The minimum atomic E-state index is -0.517. The molecule has 176 valence electrons. The molecule has 1 aliphatic heterocycles. The maximum absolute atomic E-state index is 14.0. The number of likely N-dealkylation sites (tertiary alicyclic amines) is 1. The van der Waals surface area contributed by atoms with Gasteiger partial charge in [0.15, 0.2) is 0 Å². The van der Waals surface area contributed by atoms with Crippen molar-refractivity contribution in [1.82, 2.24) is 20.0 Å². The molecule has 4 aromatic rings. The molecule has 2 heterocycles. The first-order valence-electron chi connectivity index (χ1n) is 11.7. The van der Waals surface area contributed by atoms with E-state index in [4.69, 9.17) is 5.10 Å². The average Bonchev–Trinajstić information content (AvgIpc) is 3.36. The van der Waals surface area contributed by atoms with Gasteiger partial charge in [0.05, 0.1) is 16.8 Å². The van der Waals surface area contributed by atoms with Crippen molar-refractivity contribution in [3.05, 3.63) is 108 Å². The van der Waals surface area contributed by atoms with Gasteiger partial charge in [-0.15, -0.1) is 0 Å². The monoisotopic (exact) mass is 468 g/mol.